The van der Waals surface area contributed by atoms with E-state index in [0.717, 1.165) is 35.1 Å². The Morgan fingerprint density at radius 3 is 2.43 bits per heavy atom. The second-order valence-corrected chi connectivity index (χ2v) is 7.62. The number of amides is 1. The molecule has 1 aliphatic carbocycles. The smallest absolute Gasteiger partial charge is 0.230 e. The van der Waals surface area contributed by atoms with Crippen LogP contribution in [0.1, 0.15) is 38.5 Å². The molecular formula is C16H22BrNO2S. The Hall–Kier alpha value is -0.520. The van der Waals surface area contributed by atoms with E-state index in [2.05, 4.69) is 21.2 Å². The largest absolute Gasteiger partial charge is 0.388 e. The fourth-order valence-corrected chi connectivity index (χ4v) is 3.55. The van der Waals surface area contributed by atoms with Gasteiger partial charge in [-0.3, -0.25) is 4.79 Å². The molecule has 1 amide bonds. The lowest BCUT2D eigenvalue weighted by molar-refractivity contribution is -0.120. The van der Waals surface area contributed by atoms with Crippen molar-refractivity contribution in [2.45, 2.75) is 49.0 Å². The van der Waals surface area contributed by atoms with Crippen molar-refractivity contribution in [3.05, 3.63) is 28.7 Å². The van der Waals surface area contributed by atoms with Crippen LogP contribution in [-0.2, 0) is 4.79 Å². The molecule has 0 atom stereocenters. The van der Waals surface area contributed by atoms with E-state index in [9.17, 15) is 9.90 Å². The highest BCUT2D eigenvalue weighted by molar-refractivity contribution is 9.10. The summed E-state index contributed by atoms with van der Waals surface area (Å²) in [7, 11) is 0. The lowest BCUT2D eigenvalue weighted by Gasteiger charge is -2.26. The van der Waals surface area contributed by atoms with Gasteiger partial charge in [0.15, 0.2) is 0 Å². The van der Waals surface area contributed by atoms with Gasteiger partial charge in [-0.25, -0.2) is 0 Å². The molecule has 0 spiro atoms. The van der Waals surface area contributed by atoms with Gasteiger partial charge in [0, 0.05) is 15.9 Å². The van der Waals surface area contributed by atoms with Crippen molar-refractivity contribution in [2.24, 2.45) is 0 Å². The van der Waals surface area contributed by atoms with E-state index in [4.69, 9.17) is 0 Å². The zero-order valence-corrected chi connectivity index (χ0v) is 14.5. The number of carbonyl (C=O) groups excluding carboxylic acids is 1. The maximum absolute atomic E-state index is 11.9. The standard InChI is InChI=1S/C16H22BrNO2S/c17-13-5-7-14(8-6-13)21-11-15(19)18-12-16(20)9-3-1-2-4-10-16/h5-8,20H,1-4,9-12H2,(H,18,19). The minimum absolute atomic E-state index is 0.0133. The van der Waals surface area contributed by atoms with Gasteiger partial charge >= 0.3 is 0 Å². The second kappa shape index (κ2) is 8.20. The van der Waals surface area contributed by atoms with Gasteiger partial charge in [0.25, 0.3) is 0 Å². The van der Waals surface area contributed by atoms with Crippen LogP contribution >= 0.6 is 27.7 Å². The summed E-state index contributed by atoms with van der Waals surface area (Å²) in [6, 6.07) is 7.91. The van der Waals surface area contributed by atoms with Gasteiger partial charge in [0.05, 0.1) is 11.4 Å². The Bertz CT molecular complexity index is 456. The third-order valence-electron chi connectivity index (χ3n) is 3.83. The van der Waals surface area contributed by atoms with Crippen LogP contribution in [0.2, 0.25) is 0 Å². The van der Waals surface area contributed by atoms with Crippen LogP contribution in [0.15, 0.2) is 33.6 Å². The lowest BCUT2D eigenvalue weighted by Crippen LogP contribution is -2.43. The molecule has 5 heteroatoms. The molecule has 0 unspecified atom stereocenters. The van der Waals surface area contributed by atoms with Gasteiger partial charge in [0.1, 0.15) is 0 Å². The first-order valence-corrected chi connectivity index (χ1v) is 9.23. The fourth-order valence-electron chi connectivity index (χ4n) is 2.56. The summed E-state index contributed by atoms with van der Waals surface area (Å²) >= 11 is 4.90. The third-order valence-corrected chi connectivity index (χ3v) is 5.37. The molecule has 2 rings (SSSR count). The Labute approximate surface area is 139 Å². The van der Waals surface area contributed by atoms with Gasteiger partial charge in [-0.05, 0) is 37.1 Å². The van der Waals surface area contributed by atoms with Crippen molar-refractivity contribution in [1.82, 2.24) is 5.32 Å². The van der Waals surface area contributed by atoms with Gasteiger partial charge < -0.3 is 10.4 Å². The summed E-state index contributed by atoms with van der Waals surface area (Å²) in [4.78, 5) is 13.0. The maximum Gasteiger partial charge on any atom is 0.230 e. The summed E-state index contributed by atoms with van der Waals surface area (Å²) < 4.78 is 1.03. The molecule has 1 aliphatic rings. The average molecular weight is 372 g/mol. The first-order valence-electron chi connectivity index (χ1n) is 7.45. The van der Waals surface area contributed by atoms with E-state index >= 15 is 0 Å². The number of rotatable bonds is 5. The van der Waals surface area contributed by atoms with Gasteiger partial charge in [0.2, 0.25) is 5.91 Å². The summed E-state index contributed by atoms with van der Waals surface area (Å²) in [5, 5.41) is 13.4. The van der Waals surface area contributed by atoms with E-state index in [-0.39, 0.29) is 5.91 Å². The molecule has 1 saturated carbocycles. The third kappa shape index (κ3) is 6.01. The maximum atomic E-state index is 11.9. The number of benzene rings is 1. The highest BCUT2D eigenvalue weighted by atomic mass is 79.9. The van der Waals surface area contributed by atoms with Gasteiger partial charge in [-0.1, -0.05) is 41.6 Å². The number of hydrogen-bond donors (Lipinski definition) is 2. The SMILES string of the molecule is O=C(CSc1ccc(Br)cc1)NCC1(O)CCCCCC1. The second-order valence-electron chi connectivity index (χ2n) is 5.66. The fraction of sp³-hybridized carbons (Fsp3) is 0.562. The molecule has 3 nitrogen and oxygen atoms in total. The molecular weight excluding hydrogens is 350 g/mol. The molecule has 21 heavy (non-hydrogen) atoms. The van der Waals surface area contributed by atoms with Gasteiger partial charge in [-0.2, -0.15) is 0 Å². The predicted molar refractivity (Wildman–Crippen MR) is 90.5 cm³/mol. The minimum Gasteiger partial charge on any atom is -0.388 e. The van der Waals surface area contributed by atoms with Crippen LogP contribution in [-0.4, -0.2) is 28.9 Å². The molecule has 0 heterocycles. The molecule has 1 fully saturated rings. The highest BCUT2D eigenvalue weighted by Gasteiger charge is 2.28. The molecule has 0 aliphatic heterocycles. The monoisotopic (exact) mass is 371 g/mol. The van der Waals surface area contributed by atoms with Gasteiger partial charge in [-0.15, -0.1) is 11.8 Å². The summed E-state index contributed by atoms with van der Waals surface area (Å²) in [6.45, 7) is 0.382. The summed E-state index contributed by atoms with van der Waals surface area (Å²) in [5.41, 5.74) is -0.700. The van der Waals surface area contributed by atoms with Crippen molar-refractivity contribution in [2.75, 3.05) is 12.3 Å². The van der Waals surface area contributed by atoms with E-state index < -0.39 is 5.60 Å². The molecule has 2 N–H and O–H groups in total. The molecule has 1 aromatic rings. The number of halogens is 1. The number of aliphatic hydroxyl groups is 1. The van der Waals surface area contributed by atoms with E-state index in [1.54, 1.807) is 0 Å². The molecule has 1 aromatic carbocycles. The zero-order chi connectivity index (χ0) is 15.1. The number of hydrogen-bond acceptors (Lipinski definition) is 3. The highest BCUT2D eigenvalue weighted by Crippen LogP contribution is 2.26. The van der Waals surface area contributed by atoms with E-state index in [0.29, 0.717) is 12.3 Å². The molecule has 0 aromatic heterocycles. The van der Waals surface area contributed by atoms with Crippen LogP contribution < -0.4 is 5.32 Å². The Morgan fingerprint density at radius 1 is 1.19 bits per heavy atom. The molecule has 116 valence electrons. The van der Waals surface area contributed by atoms with Crippen LogP contribution in [0, 0.1) is 0 Å². The summed E-state index contributed by atoms with van der Waals surface area (Å²) in [6.07, 6.45) is 6.09. The predicted octanol–water partition coefficient (Wildman–Crippen LogP) is 3.74. The van der Waals surface area contributed by atoms with Crippen LogP contribution in [0.4, 0.5) is 0 Å². The Kier molecular flexibility index (Phi) is 6.58. The molecule has 0 radical (unpaired) electrons. The minimum atomic E-state index is -0.700. The average Bonchev–Trinajstić information content (AvgIpc) is 2.70. The van der Waals surface area contributed by atoms with Crippen molar-refractivity contribution < 1.29 is 9.90 Å². The van der Waals surface area contributed by atoms with Crippen LogP contribution in [0.5, 0.6) is 0 Å². The lowest BCUT2D eigenvalue weighted by atomic mass is 9.94. The first kappa shape index (κ1) is 16.8. The number of nitrogens with one attached hydrogen (secondary N) is 1. The van der Waals surface area contributed by atoms with E-state index in [1.807, 2.05) is 24.3 Å². The molecule has 0 bridgehead atoms. The summed E-state index contributed by atoms with van der Waals surface area (Å²) in [5.74, 6) is 0.373. The number of thioether (sulfide) groups is 1. The first-order chi connectivity index (χ1) is 10.1. The quantitative estimate of drug-likeness (QED) is 0.612. The van der Waals surface area contributed by atoms with Crippen molar-refractivity contribution in [3.63, 3.8) is 0 Å². The zero-order valence-electron chi connectivity index (χ0n) is 12.1. The topological polar surface area (TPSA) is 49.3 Å². The Balaban J connectivity index is 1.72. The molecule has 0 saturated heterocycles. The van der Waals surface area contributed by atoms with E-state index in [1.165, 1.54) is 24.6 Å². The van der Waals surface area contributed by atoms with Crippen LogP contribution in [0.25, 0.3) is 0 Å². The van der Waals surface area contributed by atoms with Crippen molar-refractivity contribution in [1.29, 1.82) is 0 Å². The van der Waals surface area contributed by atoms with Crippen molar-refractivity contribution in [3.8, 4) is 0 Å². The normalized spacial score (nSPS) is 18.0. The number of carbonyl (C=O) groups is 1. The Morgan fingerprint density at radius 2 is 1.81 bits per heavy atom. The van der Waals surface area contributed by atoms with Crippen molar-refractivity contribution >= 4 is 33.6 Å². The van der Waals surface area contributed by atoms with Crippen LogP contribution in [0.3, 0.4) is 0 Å².